The van der Waals surface area contributed by atoms with Crippen LogP contribution in [0.4, 0.5) is 5.69 Å². The minimum absolute atomic E-state index is 0.244. The zero-order chi connectivity index (χ0) is 13.3. The Morgan fingerprint density at radius 3 is 3.15 bits per heavy atom. The molecule has 0 radical (unpaired) electrons. The first-order valence-electron chi connectivity index (χ1n) is 7.83. The van der Waals surface area contributed by atoms with Crippen molar-refractivity contribution in [2.75, 3.05) is 11.9 Å². The number of benzene rings is 1. The van der Waals surface area contributed by atoms with Crippen LogP contribution < -0.4 is 10.6 Å². The number of epoxide rings is 1. The van der Waals surface area contributed by atoms with E-state index in [0.717, 1.165) is 6.54 Å². The summed E-state index contributed by atoms with van der Waals surface area (Å²) in [6.45, 7) is 3.31. The number of hydrogen-bond acceptors (Lipinski definition) is 3. The molecule has 0 saturated carbocycles. The van der Waals surface area contributed by atoms with E-state index in [1.807, 2.05) is 0 Å². The van der Waals surface area contributed by atoms with Gasteiger partial charge in [0.2, 0.25) is 0 Å². The first kappa shape index (κ1) is 11.2. The van der Waals surface area contributed by atoms with Gasteiger partial charge in [-0.05, 0) is 25.3 Å². The minimum Gasteiger partial charge on any atom is -0.385 e. The van der Waals surface area contributed by atoms with Gasteiger partial charge in [0, 0.05) is 34.5 Å². The number of anilines is 1. The molecule has 2 fully saturated rings. The van der Waals surface area contributed by atoms with E-state index in [0.29, 0.717) is 18.2 Å². The van der Waals surface area contributed by atoms with Gasteiger partial charge in [-0.3, -0.25) is 0 Å². The largest absolute Gasteiger partial charge is 0.385 e. The van der Waals surface area contributed by atoms with Gasteiger partial charge in [-0.2, -0.15) is 0 Å². The summed E-state index contributed by atoms with van der Waals surface area (Å²) in [7, 11) is 0. The molecule has 1 aromatic carbocycles. The van der Waals surface area contributed by atoms with Gasteiger partial charge < -0.3 is 15.4 Å². The van der Waals surface area contributed by atoms with E-state index in [-0.39, 0.29) is 5.41 Å². The molecule has 3 aliphatic heterocycles. The van der Waals surface area contributed by atoms with E-state index in [9.17, 15) is 0 Å². The number of para-hydroxylation sites is 1. The van der Waals surface area contributed by atoms with Crippen LogP contribution in [0, 0.1) is 5.41 Å². The van der Waals surface area contributed by atoms with Crippen molar-refractivity contribution in [2.45, 2.75) is 44.4 Å². The molecule has 2 N–H and O–H groups in total. The Morgan fingerprint density at radius 1 is 1.35 bits per heavy atom. The minimum atomic E-state index is 0.244. The van der Waals surface area contributed by atoms with E-state index in [4.69, 9.17) is 4.74 Å². The number of rotatable bonds is 1. The van der Waals surface area contributed by atoms with E-state index in [1.54, 1.807) is 0 Å². The Bertz CT molecular complexity index is 623. The molecule has 2 saturated heterocycles. The van der Waals surface area contributed by atoms with Crippen LogP contribution in [0.2, 0.25) is 0 Å². The average Bonchev–Trinajstić information content (AvgIpc) is 3.20. The molecule has 104 valence electrons. The SMILES string of the molecule is CCC12CCC3Nc4ccccc4C3=C1NCC1OC12. The van der Waals surface area contributed by atoms with Gasteiger partial charge in [-0.15, -0.1) is 0 Å². The third-order valence-electron chi connectivity index (χ3n) is 5.78. The number of nitrogens with one attached hydrogen (secondary N) is 2. The fourth-order valence-electron chi connectivity index (χ4n) is 4.71. The summed E-state index contributed by atoms with van der Waals surface area (Å²) in [4.78, 5) is 0. The summed E-state index contributed by atoms with van der Waals surface area (Å²) in [6, 6.07) is 9.23. The monoisotopic (exact) mass is 268 g/mol. The lowest BCUT2D eigenvalue weighted by molar-refractivity contribution is 0.197. The molecule has 20 heavy (non-hydrogen) atoms. The number of ether oxygens (including phenoxy) is 1. The lowest BCUT2D eigenvalue weighted by Crippen LogP contribution is -2.48. The number of fused-ring (bicyclic) bond motifs is 6. The molecule has 4 atom stereocenters. The van der Waals surface area contributed by atoms with Crippen molar-refractivity contribution in [2.24, 2.45) is 5.41 Å². The third-order valence-corrected chi connectivity index (χ3v) is 5.78. The molecular weight excluding hydrogens is 248 g/mol. The van der Waals surface area contributed by atoms with Crippen LogP contribution in [0.1, 0.15) is 31.7 Å². The summed E-state index contributed by atoms with van der Waals surface area (Å²) in [5.41, 5.74) is 5.94. The maximum absolute atomic E-state index is 5.96. The van der Waals surface area contributed by atoms with Crippen LogP contribution in [0.5, 0.6) is 0 Å². The van der Waals surface area contributed by atoms with Crippen molar-refractivity contribution in [1.29, 1.82) is 0 Å². The lowest BCUT2D eigenvalue weighted by atomic mass is 9.65. The fourth-order valence-corrected chi connectivity index (χ4v) is 4.71. The molecule has 0 spiro atoms. The van der Waals surface area contributed by atoms with Crippen molar-refractivity contribution < 1.29 is 4.74 Å². The van der Waals surface area contributed by atoms with E-state index < -0.39 is 0 Å². The molecule has 5 rings (SSSR count). The van der Waals surface area contributed by atoms with E-state index in [1.165, 1.54) is 41.8 Å². The molecule has 4 aliphatic rings. The van der Waals surface area contributed by atoms with E-state index >= 15 is 0 Å². The van der Waals surface area contributed by atoms with Gasteiger partial charge in [0.25, 0.3) is 0 Å². The fraction of sp³-hybridized carbons (Fsp3) is 0.529. The summed E-state index contributed by atoms with van der Waals surface area (Å²) >= 11 is 0. The molecular formula is C17H20N2O. The molecule has 0 bridgehead atoms. The number of piperidine rings is 1. The number of hydrogen-bond donors (Lipinski definition) is 2. The Labute approximate surface area is 119 Å². The van der Waals surface area contributed by atoms with Crippen molar-refractivity contribution in [3.8, 4) is 0 Å². The van der Waals surface area contributed by atoms with Crippen LogP contribution >= 0.6 is 0 Å². The molecule has 3 nitrogen and oxygen atoms in total. The summed E-state index contributed by atoms with van der Waals surface area (Å²) in [6.07, 6.45) is 4.55. The molecule has 3 heteroatoms. The molecule has 1 aromatic rings. The zero-order valence-electron chi connectivity index (χ0n) is 11.8. The highest BCUT2D eigenvalue weighted by Crippen LogP contribution is 2.58. The van der Waals surface area contributed by atoms with Gasteiger partial charge in [0.15, 0.2) is 0 Å². The second-order valence-electron chi connectivity index (χ2n) is 6.56. The Kier molecular flexibility index (Phi) is 2.01. The third kappa shape index (κ3) is 1.20. The first-order chi connectivity index (χ1) is 9.83. The molecule has 0 amide bonds. The molecule has 1 aliphatic carbocycles. The van der Waals surface area contributed by atoms with Gasteiger partial charge in [0.05, 0.1) is 12.1 Å². The van der Waals surface area contributed by atoms with Crippen LogP contribution in [0.3, 0.4) is 0 Å². The summed E-state index contributed by atoms with van der Waals surface area (Å²) in [5.74, 6) is 0. The van der Waals surface area contributed by atoms with Crippen LogP contribution in [0.15, 0.2) is 30.0 Å². The smallest absolute Gasteiger partial charge is 0.102 e. The van der Waals surface area contributed by atoms with Crippen molar-refractivity contribution in [1.82, 2.24) is 5.32 Å². The lowest BCUT2D eigenvalue weighted by Gasteiger charge is -2.43. The van der Waals surface area contributed by atoms with Crippen molar-refractivity contribution >= 4 is 11.3 Å². The van der Waals surface area contributed by atoms with Gasteiger partial charge in [-0.25, -0.2) is 0 Å². The highest BCUT2D eigenvalue weighted by molar-refractivity contribution is 5.89. The standard InChI is InChI=1S/C17H20N2O/c1-2-17-8-7-12-14(10-5-3-4-6-11(10)19-12)15(17)18-9-13-16(17)20-13/h3-6,12-13,16,18-19H,2,7-9H2,1H3. The summed E-state index contributed by atoms with van der Waals surface area (Å²) < 4.78 is 5.96. The molecule has 0 aromatic heterocycles. The predicted molar refractivity (Wildman–Crippen MR) is 79.4 cm³/mol. The topological polar surface area (TPSA) is 36.6 Å². The van der Waals surface area contributed by atoms with Crippen molar-refractivity contribution in [3.63, 3.8) is 0 Å². The van der Waals surface area contributed by atoms with Crippen LogP contribution in [0.25, 0.3) is 5.57 Å². The average molecular weight is 268 g/mol. The van der Waals surface area contributed by atoms with Crippen molar-refractivity contribution in [3.05, 3.63) is 35.5 Å². The normalized spacial score (nSPS) is 40.0. The van der Waals surface area contributed by atoms with Gasteiger partial charge in [-0.1, -0.05) is 25.1 Å². The van der Waals surface area contributed by atoms with Gasteiger partial charge in [0.1, 0.15) is 6.10 Å². The Hall–Kier alpha value is -1.48. The Morgan fingerprint density at radius 2 is 2.25 bits per heavy atom. The molecule has 3 heterocycles. The zero-order valence-corrected chi connectivity index (χ0v) is 11.8. The highest BCUT2D eigenvalue weighted by Gasteiger charge is 2.61. The van der Waals surface area contributed by atoms with Crippen LogP contribution in [-0.4, -0.2) is 24.8 Å². The second-order valence-corrected chi connectivity index (χ2v) is 6.56. The molecule has 4 unspecified atom stereocenters. The van der Waals surface area contributed by atoms with Crippen LogP contribution in [-0.2, 0) is 4.74 Å². The van der Waals surface area contributed by atoms with E-state index in [2.05, 4.69) is 41.8 Å². The first-order valence-corrected chi connectivity index (χ1v) is 7.83. The Balaban J connectivity index is 1.74. The summed E-state index contributed by atoms with van der Waals surface area (Å²) in [5, 5.41) is 7.43. The second kappa shape index (κ2) is 3.59. The highest BCUT2D eigenvalue weighted by atomic mass is 16.6. The predicted octanol–water partition coefficient (Wildman–Crippen LogP) is 2.75. The quantitative estimate of drug-likeness (QED) is 0.769. The van der Waals surface area contributed by atoms with Gasteiger partial charge >= 0.3 is 0 Å². The maximum Gasteiger partial charge on any atom is 0.102 e. The maximum atomic E-state index is 5.96.